The van der Waals surface area contributed by atoms with Crippen LogP contribution in [0.4, 0.5) is 4.39 Å². The number of carbonyl (C=O) groups excluding carboxylic acids is 4. The molecule has 512 valence electrons. The number of rotatable bonds is 40. The monoisotopic (exact) mass is 1370 g/mol. The van der Waals surface area contributed by atoms with Crippen LogP contribution in [0.5, 0.6) is 5.75 Å². The van der Waals surface area contributed by atoms with Gasteiger partial charge in [0.2, 0.25) is 0 Å². The number of ether oxygens (including phenoxy) is 4. The van der Waals surface area contributed by atoms with Crippen LogP contribution in [0.15, 0.2) is 101 Å². The molecule has 0 N–H and O–H groups in total. The number of unbranched alkanes of at least 4 members (excludes halogenated alkanes) is 3. The lowest BCUT2D eigenvalue weighted by atomic mass is 9.97. The summed E-state index contributed by atoms with van der Waals surface area (Å²) in [6, 6.07) is 26.5. The van der Waals surface area contributed by atoms with Crippen molar-refractivity contribution in [2.75, 3.05) is 85.5 Å². The van der Waals surface area contributed by atoms with Crippen LogP contribution in [0.3, 0.4) is 0 Å². The molecule has 0 amide bonds. The van der Waals surface area contributed by atoms with Gasteiger partial charge in [0.25, 0.3) is 0 Å². The first-order chi connectivity index (χ1) is 43.9. The molecule has 21 nitrogen and oxygen atoms in total. The lowest BCUT2D eigenvalue weighted by Crippen LogP contribution is -2.14. The van der Waals surface area contributed by atoms with E-state index in [0.29, 0.717) is 56.6 Å². The van der Waals surface area contributed by atoms with Crippen LogP contribution in [0.25, 0.3) is 17.2 Å². The van der Waals surface area contributed by atoms with Crippen molar-refractivity contribution in [3.05, 3.63) is 136 Å². The number of carbonyl (C=O) groups is 4. The molecule has 4 aromatic carbocycles. The average molecular weight is 1370 g/mol. The van der Waals surface area contributed by atoms with E-state index in [4.69, 9.17) is 59.7 Å². The molecule has 1 aliphatic rings. The Kier molecular flexibility index (Phi) is 38.3. The molecular weight excluding hydrogens is 1270 g/mol. The number of para-hydroxylation sites is 1. The Morgan fingerprint density at radius 2 is 1.03 bits per heavy atom. The number of phosphoric acid groups is 3. The summed E-state index contributed by atoms with van der Waals surface area (Å²) in [5.74, 6) is -1.69. The van der Waals surface area contributed by atoms with Crippen molar-refractivity contribution in [1.82, 2.24) is 0 Å². The summed E-state index contributed by atoms with van der Waals surface area (Å²) in [4.78, 5) is 48.8. The Morgan fingerprint density at radius 3 is 1.50 bits per heavy atom. The predicted molar refractivity (Wildman–Crippen MR) is 352 cm³/mol. The van der Waals surface area contributed by atoms with Gasteiger partial charge in [-0.2, -0.15) is 0 Å². The fourth-order valence-electron chi connectivity index (χ4n) is 8.68. The average Bonchev–Trinajstić information content (AvgIpc) is 1.63. The zero-order valence-electron chi connectivity index (χ0n) is 55.2. The molecule has 0 aliphatic heterocycles. The third kappa shape index (κ3) is 29.9. The zero-order valence-corrected chi connectivity index (χ0v) is 58.7. The highest BCUT2D eigenvalue weighted by molar-refractivity contribution is 7.84. The molecule has 26 heteroatoms. The Hall–Kier alpha value is -5.35. The molecule has 1 aliphatic carbocycles. The standard InChI is InChI=1S/C28H34FO7PS.C21H35O6P.C17H25O8P/c1-5-34-37(31,35-6-2)36-16-8-7-15-33-28(30)19-26-20(3)25(24-14-11-22(29)18-27(24)26)17-21-9-12-23(13-10-21)38(4)32;1-6-25-28(23,26-7-2)27-15-9-8-14-24-21(22)18(5)20-12-10-19(11-13-20)16-17(3)4;1-4-22-26(20,23-5-2)24-13-9-8-12-21-17(19)15-10-6-7-11-16(15)25-14(3)18/h9-14,17-18H,5-8,15-16,19H2,1-4H3;10-13,17-18H,6-9,14-16H2,1-5H3;6-7,10-11H,4-5,8-9,12-13H2,1-3H3/b25-17-;;. The van der Waals surface area contributed by atoms with Gasteiger partial charge in [0.15, 0.2) is 0 Å². The molecule has 92 heavy (non-hydrogen) atoms. The topological polar surface area (TPSA) is 257 Å². The van der Waals surface area contributed by atoms with Crippen LogP contribution < -0.4 is 4.74 Å². The molecule has 0 saturated heterocycles. The Labute approximate surface area is 545 Å². The Balaban J connectivity index is 0.000000369. The predicted octanol–water partition coefficient (Wildman–Crippen LogP) is 16.1. The highest BCUT2D eigenvalue weighted by Gasteiger charge is 2.29. The van der Waals surface area contributed by atoms with Crippen molar-refractivity contribution in [2.24, 2.45) is 5.92 Å². The maximum Gasteiger partial charge on any atom is 0.474 e. The number of benzene rings is 4. The fraction of sp³-hybridized carbons (Fsp3) is 0.515. The highest BCUT2D eigenvalue weighted by atomic mass is 32.2. The minimum absolute atomic E-state index is 0.00770. The summed E-state index contributed by atoms with van der Waals surface area (Å²) < 4.78 is 129. The molecule has 2 atom stereocenters. The number of phosphoric ester groups is 3. The first kappa shape index (κ1) is 80.9. The number of hydrogen-bond acceptors (Lipinski definition) is 21. The normalized spacial score (nSPS) is 13.3. The van der Waals surface area contributed by atoms with Gasteiger partial charge in [-0.15, -0.1) is 0 Å². The summed E-state index contributed by atoms with van der Waals surface area (Å²) >= 11 is 0. The third-order valence-corrected chi connectivity index (χ3v) is 18.8. The summed E-state index contributed by atoms with van der Waals surface area (Å²) in [5, 5.41) is 0. The van der Waals surface area contributed by atoms with Crippen molar-refractivity contribution in [3.8, 4) is 5.75 Å². The van der Waals surface area contributed by atoms with Gasteiger partial charge in [-0.1, -0.05) is 68.4 Å². The van der Waals surface area contributed by atoms with Gasteiger partial charge in [0, 0.05) is 28.9 Å². The maximum absolute atomic E-state index is 14.1. The Bertz CT molecular complexity index is 3120. The van der Waals surface area contributed by atoms with Gasteiger partial charge in [-0.3, -0.25) is 59.3 Å². The molecule has 0 aromatic heterocycles. The maximum atomic E-state index is 14.1. The molecule has 2 unspecified atom stereocenters. The highest BCUT2D eigenvalue weighted by Crippen LogP contribution is 2.51. The van der Waals surface area contributed by atoms with E-state index in [1.165, 1.54) is 36.8 Å². The van der Waals surface area contributed by atoms with Crippen LogP contribution in [-0.4, -0.2) is 114 Å². The molecule has 0 bridgehead atoms. The SMILES string of the molecule is CCOP(=O)(OCC)OCCCCOC(=O)C(C)c1ccc(CC(C)C)cc1.CCOP(=O)(OCC)OCCCCOC(=O)CC1=C(C)/C(=C/c2ccc(S(C)=O)cc2)c2ccc(F)cc21.CCOP(=O)(OCC)OCCCCOC(=O)c1ccccc1OC(C)=O. The molecule has 0 spiro atoms. The van der Waals surface area contributed by atoms with Gasteiger partial charge in [-0.25, -0.2) is 22.9 Å². The summed E-state index contributed by atoms with van der Waals surface area (Å²) in [6.45, 7) is 22.2. The van der Waals surface area contributed by atoms with Gasteiger partial charge in [0.1, 0.15) is 17.1 Å². The molecule has 0 saturated carbocycles. The van der Waals surface area contributed by atoms with Crippen LogP contribution in [-0.2, 0) is 100 Å². The first-order valence-electron chi connectivity index (χ1n) is 31.0. The van der Waals surface area contributed by atoms with E-state index in [-0.39, 0.29) is 108 Å². The van der Waals surface area contributed by atoms with Crippen LogP contribution in [0.1, 0.15) is 165 Å². The summed E-state index contributed by atoms with van der Waals surface area (Å²) in [6.07, 6.45) is 7.87. The minimum atomic E-state index is -3.55. The molecule has 4 aromatic rings. The van der Waals surface area contributed by atoms with Gasteiger partial charge >= 0.3 is 47.3 Å². The van der Waals surface area contributed by atoms with E-state index < -0.39 is 52.2 Å². The summed E-state index contributed by atoms with van der Waals surface area (Å²) in [5.41, 5.74) is 7.34. The Morgan fingerprint density at radius 1 is 0.565 bits per heavy atom. The van der Waals surface area contributed by atoms with Gasteiger partial charge in [-0.05, 0) is 193 Å². The van der Waals surface area contributed by atoms with Gasteiger partial charge < -0.3 is 18.9 Å². The van der Waals surface area contributed by atoms with Crippen LogP contribution >= 0.6 is 23.5 Å². The van der Waals surface area contributed by atoms with E-state index in [1.807, 2.05) is 56.3 Å². The second-order valence-electron chi connectivity index (χ2n) is 20.7. The second kappa shape index (κ2) is 43.6. The van der Waals surface area contributed by atoms with E-state index in [1.54, 1.807) is 66.0 Å². The van der Waals surface area contributed by atoms with Crippen LogP contribution in [0, 0.1) is 11.7 Å². The smallest absolute Gasteiger partial charge is 0.465 e. The van der Waals surface area contributed by atoms with Crippen LogP contribution in [0.2, 0.25) is 0 Å². The van der Waals surface area contributed by atoms with Crippen molar-refractivity contribution in [1.29, 1.82) is 0 Å². The molecule has 0 heterocycles. The number of halogens is 1. The lowest BCUT2D eigenvalue weighted by molar-refractivity contribution is -0.145. The number of esters is 4. The molecular formula is C66H94FO21P3S. The zero-order chi connectivity index (χ0) is 68.1. The van der Waals surface area contributed by atoms with E-state index in [2.05, 4.69) is 26.0 Å². The quantitative estimate of drug-likeness (QED) is 0.0132. The number of hydrogen-bond donors (Lipinski definition) is 0. The van der Waals surface area contributed by atoms with Crippen molar-refractivity contribution >= 4 is 75.4 Å². The van der Waals surface area contributed by atoms with Crippen molar-refractivity contribution < 1.29 is 101 Å². The summed E-state index contributed by atoms with van der Waals surface area (Å²) in [7, 11) is -11.6. The van der Waals surface area contributed by atoms with Crippen molar-refractivity contribution in [3.63, 3.8) is 0 Å². The van der Waals surface area contributed by atoms with E-state index in [0.717, 1.165) is 44.7 Å². The minimum Gasteiger partial charge on any atom is -0.465 e. The van der Waals surface area contributed by atoms with Crippen molar-refractivity contribution in [2.45, 2.75) is 138 Å². The largest absolute Gasteiger partial charge is 0.474 e. The molecule has 0 radical (unpaired) electrons. The molecule has 0 fully saturated rings. The molecule has 5 rings (SSSR count). The first-order valence-corrected chi connectivity index (χ1v) is 37.0. The fourth-order valence-corrected chi connectivity index (χ4v) is 12.8. The van der Waals surface area contributed by atoms with E-state index in [9.17, 15) is 41.5 Å². The second-order valence-corrected chi connectivity index (χ2v) is 27.1. The lowest BCUT2D eigenvalue weighted by Gasteiger charge is -2.16. The number of allylic oxidation sites excluding steroid dienone is 2. The third-order valence-electron chi connectivity index (χ3n) is 13.0. The van der Waals surface area contributed by atoms with E-state index >= 15 is 0 Å². The van der Waals surface area contributed by atoms with Gasteiger partial charge in [0.05, 0.1) is 91.6 Å². The number of fused-ring (bicyclic) bond motifs is 1.